The second kappa shape index (κ2) is 16.0. The van der Waals surface area contributed by atoms with Crippen LogP contribution < -0.4 is 15.2 Å². The smallest absolute Gasteiger partial charge is 0.250 e. The van der Waals surface area contributed by atoms with Gasteiger partial charge in [0.25, 0.3) is 5.56 Å². The Bertz CT molecular complexity index is 1220. The minimum atomic E-state index is -0.00338. The second-order valence-corrected chi connectivity index (χ2v) is 8.15. The van der Waals surface area contributed by atoms with Gasteiger partial charge >= 0.3 is 0 Å². The van der Waals surface area contributed by atoms with E-state index < -0.39 is 0 Å². The van der Waals surface area contributed by atoms with Crippen LogP contribution in [0.25, 0.3) is 10.9 Å². The molecule has 6 nitrogen and oxygen atoms in total. The van der Waals surface area contributed by atoms with Crippen LogP contribution >= 0.6 is 37.2 Å². The quantitative estimate of drug-likeness (QED) is 0.218. The van der Waals surface area contributed by atoms with Crippen molar-refractivity contribution < 1.29 is 4.74 Å². The van der Waals surface area contributed by atoms with Gasteiger partial charge in [0.2, 0.25) is 0 Å². The fourth-order valence-electron chi connectivity index (χ4n) is 3.92. The zero-order chi connectivity index (χ0) is 22.9. The van der Waals surface area contributed by atoms with E-state index in [9.17, 15) is 4.79 Å². The number of aromatic nitrogens is 3. The van der Waals surface area contributed by atoms with Gasteiger partial charge < -0.3 is 14.2 Å². The maximum atomic E-state index is 11.8. The summed E-state index contributed by atoms with van der Waals surface area (Å²) in [6, 6.07) is 19.5. The van der Waals surface area contributed by atoms with Gasteiger partial charge in [0.05, 0.1) is 12.1 Å². The van der Waals surface area contributed by atoms with E-state index in [1.165, 1.54) is 5.56 Å². The Morgan fingerprint density at radius 1 is 0.889 bits per heavy atom. The summed E-state index contributed by atoms with van der Waals surface area (Å²) in [6.45, 7) is 2.55. The van der Waals surface area contributed by atoms with Crippen molar-refractivity contribution in [1.29, 1.82) is 0 Å². The number of nitrogens with zero attached hydrogens (tertiary/aromatic N) is 4. The van der Waals surface area contributed by atoms with Crippen molar-refractivity contribution in [1.82, 2.24) is 14.5 Å². The van der Waals surface area contributed by atoms with E-state index in [2.05, 4.69) is 27.0 Å². The average molecular weight is 552 g/mol. The van der Waals surface area contributed by atoms with Gasteiger partial charge in [-0.1, -0.05) is 12.1 Å². The molecular weight excluding hydrogens is 519 g/mol. The number of halogens is 3. The summed E-state index contributed by atoms with van der Waals surface area (Å²) in [5.74, 6) is 1.86. The van der Waals surface area contributed by atoms with Gasteiger partial charge in [-0.2, -0.15) is 0 Å². The standard InChI is InChI=1S/C27H30N4O2.3ClH/c1-30-25-12-11-24(20-23(25)10-13-27(30)32)33-19-6-2-5-17-31(26-9-3-4-16-29-26)18-14-22-8-7-15-28-21-22;;;/h3-4,7-13,15-16,20-21H,2,5-6,14,17-19H2,1H3;3*1H. The SMILES string of the molecule is Cl.Cl.Cl.Cn1c(=O)ccc2cc(OCCCCCN(CCc3cccnc3)c3ccccn3)ccc21. The summed E-state index contributed by atoms with van der Waals surface area (Å²) in [5.41, 5.74) is 2.15. The molecular formula is C27H33Cl3N4O2. The van der Waals surface area contributed by atoms with Crippen LogP contribution in [0.5, 0.6) is 5.75 Å². The van der Waals surface area contributed by atoms with Crippen molar-refractivity contribution in [2.45, 2.75) is 25.7 Å². The van der Waals surface area contributed by atoms with Gasteiger partial charge in [0, 0.05) is 50.2 Å². The number of anilines is 1. The highest BCUT2D eigenvalue weighted by Crippen LogP contribution is 2.20. The summed E-state index contributed by atoms with van der Waals surface area (Å²) in [6.07, 6.45) is 9.68. The number of ether oxygens (including phenoxy) is 1. The Morgan fingerprint density at radius 3 is 2.50 bits per heavy atom. The molecule has 9 heteroatoms. The molecule has 3 aromatic heterocycles. The summed E-state index contributed by atoms with van der Waals surface area (Å²) in [4.78, 5) is 22.9. The minimum absolute atomic E-state index is 0. The Labute approximate surface area is 231 Å². The van der Waals surface area contributed by atoms with Gasteiger partial charge in [-0.25, -0.2) is 4.98 Å². The largest absolute Gasteiger partial charge is 0.494 e. The van der Waals surface area contributed by atoms with E-state index in [-0.39, 0.29) is 42.8 Å². The molecule has 0 aliphatic rings. The van der Waals surface area contributed by atoms with Crippen LogP contribution in [0, 0.1) is 0 Å². The monoisotopic (exact) mass is 550 g/mol. The molecule has 0 unspecified atom stereocenters. The number of fused-ring (bicyclic) bond motifs is 1. The normalized spacial score (nSPS) is 10.0. The molecule has 3 heterocycles. The molecule has 1 aromatic carbocycles. The first-order chi connectivity index (χ1) is 16.2. The Morgan fingerprint density at radius 2 is 1.75 bits per heavy atom. The number of hydrogen-bond donors (Lipinski definition) is 0. The van der Waals surface area contributed by atoms with Crippen LogP contribution in [0.3, 0.4) is 0 Å². The van der Waals surface area contributed by atoms with Crippen LogP contribution in [0.1, 0.15) is 24.8 Å². The molecule has 0 aliphatic carbocycles. The number of unbranched alkanes of at least 4 members (excludes halogenated alkanes) is 2. The van der Waals surface area contributed by atoms with Crippen molar-refractivity contribution in [3.8, 4) is 5.75 Å². The fraction of sp³-hybridized carbons (Fsp3) is 0.296. The highest BCUT2D eigenvalue weighted by Gasteiger charge is 2.08. The first-order valence-electron chi connectivity index (χ1n) is 11.5. The third-order valence-corrected chi connectivity index (χ3v) is 5.80. The summed E-state index contributed by atoms with van der Waals surface area (Å²) in [7, 11) is 1.79. The van der Waals surface area contributed by atoms with Crippen LogP contribution in [-0.4, -0.2) is 34.2 Å². The van der Waals surface area contributed by atoms with Crippen molar-refractivity contribution in [3.63, 3.8) is 0 Å². The molecule has 4 rings (SSSR count). The maximum absolute atomic E-state index is 11.8. The summed E-state index contributed by atoms with van der Waals surface area (Å²) in [5, 5.41) is 1.01. The highest BCUT2D eigenvalue weighted by molar-refractivity contribution is 5.86. The molecule has 0 fully saturated rings. The molecule has 0 radical (unpaired) electrons. The summed E-state index contributed by atoms with van der Waals surface area (Å²) >= 11 is 0. The molecule has 36 heavy (non-hydrogen) atoms. The number of benzene rings is 1. The molecule has 0 N–H and O–H groups in total. The van der Waals surface area contributed by atoms with E-state index >= 15 is 0 Å². The van der Waals surface area contributed by atoms with Crippen molar-refractivity contribution in [2.24, 2.45) is 7.05 Å². The molecule has 0 saturated carbocycles. The third kappa shape index (κ3) is 8.70. The van der Waals surface area contributed by atoms with Gasteiger partial charge in [0.15, 0.2) is 0 Å². The zero-order valence-electron chi connectivity index (χ0n) is 20.3. The predicted octanol–water partition coefficient (Wildman–Crippen LogP) is 5.89. The molecule has 4 aromatic rings. The lowest BCUT2D eigenvalue weighted by molar-refractivity contribution is 0.306. The Balaban J connectivity index is 0.00000216. The van der Waals surface area contributed by atoms with E-state index in [0.717, 1.165) is 61.2 Å². The minimum Gasteiger partial charge on any atom is -0.494 e. The first-order valence-corrected chi connectivity index (χ1v) is 11.5. The lowest BCUT2D eigenvalue weighted by Gasteiger charge is -2.23. The Hall–Kier alpha value is -2.80. The first kappa shape index (κ1) is 31.2. The van der Waals surface area contributed by atoms with Gasteiger partial charge in [-0.05, 0) is 73.7 Å². The molecule has 0 bridgehead atoms. The molecule has 0 atom stereocenters. The van der Waals surface area contributed by atoms with Crippen LogP contribution in [0.4, 0.5) is 5.82 Å². The predicted molar refractivity (Wildman–Crippen MR) is 155 cm³/mol. The van der Waals surface area contributed by atoms with E-state index in [0.29, 0.717) is 6.61 Å². The second-order valence-electron chi connectivity index (χ2n) is 8.15. The number of hydrogen-bond acceptors (Lipinski definition) is 5. The molecule has 0 aliphatic heterocycles. The van der Waals surface area contributed by atoms with Crippen LogP contribution in [0.15, 0.2) is 84.0 Å². The summed E-state index contributed by atoms with van der Waals surface area (Å²) < 4.78 is 7.61. The topological polar surface area (TPSA) is 60.2 Å². The van der Waals surface area contributed by atoms with Crippen molar-refractivity contribution in [2.75, 3.05) is 24.6 Å². The number of aryl methyl sites for hydroxylation is 1. The highest BCUT2D eigenvalue weighted by atomic mass is 35.5. The lowest BCUT2D eigenvalue weighted by atomic mass is 10.2. The Kier molecular flexibility index (Phi) is 13.9. The zero-order valence-corrected chi connectivity index (χ0v) is 22.7. The van der Waals surface area contributed by atoms with Crippen LogP contribution in [0.2, 0.25) is 0 Å². The van der Waals surface area contributed by atoms with Gasteiger partial charge in [-0.15, -0.1) is 37.2 Å². The van der Waals surface area contributed by atoms with Crippen LogP contribution in [-0.2, 0) is 13.5 Å². The maximum Gasteiger partial charge on any atom is 0.250 e. The average Bonchev–Trinajstić information content (AvgIpc) is 2.86. The van der Waals surface area contributed by atoms with E-state index in [1.807, 2.05) is 61.1 Å². The van der Waals surface area contributed by atoms with Crippen molar-refractivity contribution >= 4 is 53.9 Å². The molecule has 0 amide bonds. The fourth-order valence-corrected chi connectivity index (χ4v) is 3.92. The van der Waals surface area contributed by atoms with E-state index in [4.69, 9.17) is 4.74 Å². The third-order valence-electron chi connectivity index (χ3n) is 5.80. The van der Waals surface area contributed by atoms with E-state index in [1.54, 1.807) is 17.7 Å². The lowest BCUT2D eigenvalue weighted by Crippen LogP contribution is -2.28. The molecule has 0 spiro atoms. The van der Waals surface area contributed by atoms with Gasteiger partial charge in [-0.3, -0.25) is 9.78 Å². The molecule has 0 saturated heterocycles. The molecule has 194 valence electrons. The number of pyridine rings is 3. The van der Waals surface area contributed by atoms with Crippen molar-refractivity contribution in [3.05, 3.63) is 95.2 Å². The van der Waals surface area contributed by atoms with Gasteiger partial charge in [0.1, 0.15) is 11.6 Å². The number of rotatable bonds is 11.